The zero-order valence-corrected chi connectivity index (χ0v) is 12.5. The van der Waals surface area contributed by atoms with Crippen molar-refractivity contribution in [2.24, 2.45) is 0 Å². The summed E-state index contributed by atoms with van der Waals surface area (Å²) >= 11 is 0. The summed E-state index contributed by atoms with van der Waals surface area (Å²) in [7, 11) is 1.50. The van der Waals surface area contributed by atoms with Gasteiger partial charge in [-0.25, -0.2) is 4.79 Å². The summed E-state index contributed by atoms with van der Waals surface area (Å²) in [4.78, 5) is 27.2. The molecule has 0 atom stereocenters. The number of nitrogens with zero attached hydrogens (tertiary/aromatic N) is 2. The van der Waals surface area contributed by atoms with E-state index in [1.54, 1.807) is 0 Å². The molecule has 0 bridgehead atoms. The Morgan fingerprint density at radius 2 is 1.79 bits per heavy atom. The van der Waals surface area contributed by atoms with Gasteiger partial charge in [-0.3, -0.25) is 19.9 Å². The van der Waals surface area contributed by atoms with Crippen molar-refractivity contribution in [1.29, 1.82) is 0 Å². The molecule has 0 aromatic heterocycles. The molecule has 1 fully saturated rings. The molecule has 0 unspecified atom stereocenters. The molecule has 6 nitrogen and oxygen atoms in total. The van der Waals surface area contributed by atoms with Crippen LogP contribution in [0.3, 0.4) is 0 Å². The van der Waals surface area contributed by atoms with E-state index in [9.17, 15) is 9.59 Å². The second-order valence-corrected chi connectivity index (χ2v) is 5.91. The molecule has 110 valence electrons. The maximum absolute atomic E-state index is 11.6. The van der Waals surface area contributed by atoms with E-state index in [-0.39, 0.29) is 18.0 Å². The van der Waals surface area contributed by atoms with Gasteiger partial charge in [0.1, 0.15) is 0 Å². The lowest BCUT2D eigenvalue weighted by Crippen LogP contribution is -2.46. The number of carbonyl (C=O) groups excluding carboxylic acids is 2. The minimum Gasteiger partial charge on any atom is -0.341 e. The van der Waals surface area contributed by atoms with E-state index < -0.39 is 6.03 Å². The third kappa shape index (κ3) is 5.57. The molecule has 1 aliphatic heterocycles. The SMILES string of the molecule is CNC(=O)NC(=O)CN1CCCN(C(C)(C)C)CC1. The highest BCUT2D eigenvalue weighted by atomic mass is 16.2. The molecular formula is C13H26N4O2. The predicted octanol–water partition coefficient (Wildman–Crippen LogP) is 0.248. The maximum atomic E-state index is 11.6. The highest BCUT2D eigenvalue weighted by Crippen LogP contribution is 2.15. The lowest BCUT2D eigenvalue weighted by Gasteiger charge is -2.34. The fourth-order valence-electron chi connectivity index (χ4n) is 2.23. The van der Waals surface area contributed by atoms with Gasteiger partial charge in [-0.1, -0.05) is 0 Å². The molecule has 0 radical (unpaired) electrons. The molecule has 0 aromatic rings. The van der Waals surface area contributed by atoms with Gasteiger partial charge >= 0.3 is 6.03 Å². The van der Waals surface area contributed by atoms with Crippen LogP contribution in [0.15, 0.2) is 0 Å². The Hall–Kier alpha value is -1.14. The van der Waals surface area contributed by atoms with Crippen molar-refractivity contribution in [3.8, 4) is 0 Å². The standard InChI is InChI=1S/C13H26N4O2/c1-13(2,3)17-7-5-6-16(8-9-17)10-11(18)15-12(19)14-4/h5-10H2,1-4H3,(H2,14,15,18,19). The van der Waals surface area contributed by atoms with E-state index in [2.05, 4.69) is 41.2 Å². The number of hydrogen-bond acceptors (Lipinski definition) is 4. The van der Waals surface area contributed by atoms with Crippen molar-refractivity contribution in [2.45, 2.75) is 32.7 Å². The van der Waals surface area contributed by atoms with Gasteiger partial charge in [0, 0.05) is 25.7 Å². The summed E-state index contributed by atoms with van der Waals surface area (Å²) in [6.45, 7) is 10.7. The Morgan fingerprint density at radius 3 is 2.37 bits per heavy atom. The molecule has 3 amide bonds. The molecule has 1 aliphatic rings. The Balaban J connectivity index is 2.41. The quantitative estimate of drug-likeness (QED) is 0.755. The Bertz CT molecular complexity index is 325. The average molecular weight is 270 g/mol. The minimum atomic E-state index is -0.448. The zero-order chi connectivity index (χ0) is 14.5. The van der Waals surface area contributed by atoms with Crippen molar-refractivity contribution in [3.05, 3.63) is 0 Å². The number of rotatable bonds is 2. The summed E-state index contributed by atoms with van der Waals surface area (Å²) in [5.74, 6) is -0.247. The summed E-state index contributed by atoms with van der Waals surface area (Å²) < 4.78 is 0. The van der Waals surface area contributed by atoms with Gasteiger partial charge < -0.3 is 5.32 Å². The van der Waals surface area contributed by atoms with Crippen molar-refractivity contribution < 1.29 is 9.59 Å². The Labute approximate surface area is 115 Å². The fraction of sp³-hybridized carbons (Fsp3) is 0.846. The van der Waals surface area contributed by atoms with Crippen LogP contribution >= 0.6 is 0 Å². The molecule has 1 rings (SSSR count). The molecule has 6 heteroatoms. The number of imide groups is 1. The summed E-state index contributed by atoms with van der Waals surface area (Å²) in [6.07, 6.45) is 1.05. The summed E-state index contributed by atoms with van der Waals surface area (Å²) in [6, 6.07) is -0.448. The van der Waals surface area contributed by atoms with Crippen molar-refractivity contribution >= 4 is 11.9 Å². The van der Waals surface area contributed by atoms with Crippen LogP contribution in [0.4, 0.5) is 4.79 Å². The van der Waals surface area contributed by atoms with Crippen molar-refractivity contribution in [2.75, 3.05) is 39.8 Å². The van der Waals surface area contributed by atoms with Gasteiger partial charge in [0.2, 0.25) is 5.91 Å². The minimum absolute atomic E-state index is 0.167. The van der Waals surface area contributed by atoms with Crippen LogP contribution in [0.5, 0.6) is 0 Å². The number of carbonyl (C=O) groups is 2. The highest BCUT2D eigenvalue weighted by Gasteiger charge is 2.24. The topological polar surface area (TPSA) is 64.7 Å². The monoisotopic (exact) mass is 270 g/mol. The molecule has 1 heterocycles. The largest absolute Gasteiger partial charge is 0.341 e. The van der Waals surface area contributed by atoms with E-state index in [4.69, 9.17) is 0 Å². The van der Waals surface area contributed by atoms with Crippen molar-refractivity contribution in [1.82, 2.24) is 20.4 Å². The molecular weight excluding hydrogens is 244 g/mol. The highest BCUT2D eigenvalue weighted by molar-refractivity contribution is 5.95. The number of amides is 3. The molecule has 19 heavy (non-hydrogen) atoms. The van der Waals surface area contributed by atoms with E-state index in [1.807, 2.05) is 0 Å². The number of urea groups is 1. The molecule has 0 spiro atoms. The third-order valence-electron chi connectivity index (χ3n) is 3.38. The number of nitrogens with one attached hydrogen (secondary N) is 2. The number of hydrogen-bond donors (Lipinski definition) is 2. The second kappa shape index (κ2) is 6.86. The van der Waals surface area contributed by atoms with Crippen molar-refractivity contribution in [3.63, 3.8) is 0 Å². The first-order valence-corrected chi connectivity index (χ1v) is 6.82. The van der Waals surface area contributed by atoms with Crippen LogP contribution in [0.25, 0.3) is 0 Å². The Kier molecular flexibility index (Phi) is 5.75. The van der Waals surface area contributed by atoms with Crippen LogP contribution in [0.2, 0.25) is 0 Å². The van der Waals surface area contributed by atoms with Crippen LogP contribution < -0.4 is 10.6 Å². The lowest BCUT2D eigenvalue weighted by molar-refractivity contribution is -0.121. The van der Waals surface area contributed by atoms with E-state index in [0.29, 0.717) is 0 Å². The van der Waals surface area contributed by atoms with Crippen LogP contribution in [0.1, 0.15) is 27.2 Å². The first kappa shape index (κ1) is 15.9. The van der Waals surface area contributed by atoms with Crippen LogP contribution in [-0.4, -0.2) is 67.0 Å². The van der Waals surface area contributed by atoms with Gasteiger partial charge in [0.05, 0.1) is 6.54 Å². The van der Waals surface area contributed by atoms with Crippen LogP contribution in [0, 0.1) is 0 Å². The molecule has 2 N–H and O–H groups in total. The average Bonchev–Trinajstić information content (AvgIpc) is 2.53. The Morgan fingerprint density at radius 1 is 1.11 bits per heavy atom. The molecule has 0 saturated carbocycles. The van der Waals surface area contributed by atoms with Gasteiger partial charge in [-0.15, -0.1) is 0 Å². The predicted molar refractivity (Wildman–Crippen MR) is 75.0 cm³/mol. The van der Waals surface area contributed by atoms with Gasteiger partial charge in [-0.2, -0.15) is 0 Å². The lowest BCUT2D eigenvalue weighted by atomic mass is 10.1. The van der Waals surface area contributed by atoms with Gasteiger partial charge in [-0.05, 0) is 40.3 Å². The van der Waals surface area contributed by atoms with Crippen LogP contribution in [-0.2, 0) is 4.79 Å². The summed E-state index contributed by atoms with van der Waals surface area (Å²) in [5.41, 5.74) is 0.167. The van der Waals surface area contributed by atoms with Gasteiger partial charge in [0.25, 0.3) is 0 Å². The smallest absolute Gasteiger partial charge is 0.321 e. The third-order valence-corrected chi connectivity index (χ3v) is 3.38. The van der Waals surface area contributed by atoms with E-state index in [0.717, 1.165) is 32.6 Å². The van der Waals surface area contributed by atoms with E-state index >= 15 is 0 Å². The fourth-order valence-corrected chi connectivity index (χ4v) is 2.23. The van der Waals surface area contributed by atoms with E-state index in [1.165, 1.54) is 7.05 Å². The van der Waals surface area contributed by atoms with Gasteiger partial charge in [0.15, 0.2) is 0 Å². The first-order valence-electron chi connectivity index (χ1n) is 6.82. The molecule has 1 saturated heterocycles. The second-order valence-electron chi connectivity index (χ2n) is 5.91. The normalized spacial score (nSPS) is 18.7. The zero-order valence-electron chi connectivity index (χ0n) is 12.5. The molecule has 0 aromatic carbocycles. The molecule has 0 aliphatic carbocycles. The first-order chi connectivity index (χ1) is 8.82. The summed E-state index contributed by atoms with van der Waals surface area (Å²) in [5, 5.41) is 4.67. The maximum Gasteiger partial charge on any atom is 0.321 e.